The molecule has 0 spiro atoms. The Hall–Kier alpha value is -5.16. The van der Waals surface area contributed by atoms with Gasteiger partial charge in [0.15, 0.2) is 0 Å². The van der Waals surface area contributed by atoms with Crippen LogP contribution in [0.5, 0.6) is 0 Å². The molecular formula is C34H31N5. The molecule has 192 valence electrons. The highest BCUT2D eigenvalue weighted by Crippen LogP contribution is 2.34. The number of hydrogen-bond acceptors (Lipinski definition) is 5. The van der Waals surface area contributed by atoms with Crippen LogP contribution in [0.25, 0.3) is 0 Å². The fourth-order valence-electron chi connectivity index (χ4n) is 4.17. The van der Waals surface area contributed by atoms with Crippen LogP contribution in [0.15, 0.2) is 150 Å². The van der Waals surface area contributed by atoms with Crippen molar-refractivity contribution < 1.29 is 0 Å². The summed E-state index contributed by atoms with van der Waals surface area (Å²) < 4.78 is 0. The van der Waals surface area contributed by atoms with E-state index in [9.17, 15) is 0 Å². The standard InChI is InChI=1S/C34H31N5/c1-37(30-12-6-3-7-13-30)35-26-28-18-22-33(23-19-28)39(32-16-10-5-11-17-32)34-24-20-29(21-25-34)27-36-38(2)31-14-8-4-9-15-31/h3-27H,1-2H3/b35-26+,36-27+. The summed E-state index contributed by atoms with van der Waals surface area (Å²) >= 11 is 0. The topological polar surface area (TPSA) is 34.4 Å². The Morgan fingerprint density at radius 1 is 0.385 bits per heavy atom. The van der Waals surface area contributed by atoms with Crippen LogP contribution in [0, 0.1) is 0 Å². The molecule has 0 heterocycles. The highest BCUT2D eigenvalue weighted by molar-refractivity contribution is 5.85. The average Bonchev–Trinajstić information content (AvgIpc) is 3.01. The lowest BCUT2D eigenvalue weighted by Gasteiger charge is -2.25. The molecule has 39 heavy (non-hydrogen) atoms. The van der Waals surface area contributed by atoms with Gasteiger partial charge in [0.25, 0.3) is 0 Å². The molecule has 0 N–H and O–H groups in total. The third kappa shape index (κ3) is 6.59. The first-order valence-corrected chi connectivity index (χ1v) is 12.9. The second kappa shape index (κ2) is 12.4. The van der Waals surface area contributed by atoms with E-state index in [4.69, 9.17) is 0 Å². The molecule has 0 saturated carbocycles. The lowest BCUT2D eigenvalue weighted by atomic mass is 10.1. The molecule has 5 aromatic rings. The molecule has 0 fully saturated rings. The second-order valence-corrected chi connectivity index (χ2v) is 9.06. The molecule has 5 nitrogen and oxygen atoms in total. The molecule has 5 rings (SSSR count). The molecule has 0 atom stereocenters. The SMILES string of the molecule is CN(/N=C/c1ccc(N(c2ccccc2)c2ccc(/C=N/N(C)c3ccccc3)cc2)cc1)c1ccccc1. The number of anilines is 5. The van der Waals surface area contributed by atoms with E-state index in [0.29, 0.717) is 0 Å². The molecule has 0 saturated heterocycles. The Labute approximate surface area is 230 Å². The number of para-hydroxylation sites is 3. The van der Waals surface area contributed by atoms with Crippen LogP contribution in [0.3, 0.4) is 0 Å². The minimum Gasteiger partial charge on any atom is -0.311 e. The van der Waals surface area contributed by atoms with Gasteiger partial charge in [0.05, 0.1) is 23.8 Å². The van der Waals surface area contributed by atoms with Crippen molar-refractivity contribution in [1.82, 2.24) is 0 Å². The maximum absolute atomic E-state index is 4.59. The van der Waals surface area contributed by atoms with Crippen molar-refractivity contribution in [2.24, 2.45) is 10.2 Å². The summed E-state index contributed by atoms with van der Waals surface area (Å²) in [4.78, 5) is 2.24. The first-order chi connectivity index (χ1) is 19.2. The van der Waals surface area contributed by atoms with Crippen molar-refractivity contribution >= 4 is 40.9 Å². The normalized spacial score (nSPS) is 11.1. The molecule has 0 aliphatic rings. The molecule has 0 bridgehead atoms. The Morgan fingerprint density at radius 3 is 1.05 bits per heavy atom. The first-order valence-electron chi connectivity index (χ1n) is 12.9. The number of hydrazone groups is 2. The van der Waals surface area contributed by atoms with Gasteiger partial charge in [-0.25, -0.2) is 0 Å². The van der Waals surface area contributed by atoms with Crippen LogP contribution in [-0.4, -0.2) is 26.5 Å². The van der Waals surface area contributed by atoms with E-state index in [0.717, 1.165) is 39.6 Å². The van der Waals surface area contributed by atoms with Crippen LogP contribution in [0.2, 0.25) is 0 Å². The zero-order valence-electron chi connectivity index (χ0n) is 22.2. The molecule has 0 unspecified atom stereocenters. The maximum Gasteiger partial charge on any atom is 0.0590 e. The van der Waals surface area contributed by atoms with Gasteiger partial charge in [-0.2, -0.15) is 10.2 Å². The average molecular weight is 510 g/mol. The minimum atomic E-state index is 1.03. The predicted molar refractivity (Wildman–Crippen MR) is 166 cm³/mol. The van der Waals surface area contributed by atoms with E-state index in [-0.39, 0.29) is 0 Å². The monoisotopic (exact) mass is 509 g/mol. The van der Waals surface area contributed by atoms with E-state index in [2.05, 4.69) is 87.9 Å². The molecular weight excluding hydrogens is 478 g/mol. The number of benzene rings is 5. The summed E-state index contributed by atoms with van der Waals surface area (Å²) in [5.41, 5.74) is 7.38. The third-order valence-electron chi connectivity index (χ3n) is 6.34. The van der Waals surface area contributed by atoms with Gasteiger partial charge in [0.2, 0.25) is 0 Å². The zero-order valence-corrected chi connectivity index (χ0v) is 22.2. The van der Waals surface area contributed by atoms with Crippen molar-refractivity contribution in [3.05, 3.63) is 151 Å². The van der Waals surface area contributed by atoms with Crippen LogP contribution in [0.1, 0.15) is 11.1 Å². The summed E-state index contributed by atoms with van der Waals surface area (Å²) in [5, 5.41) is 12.9. The summed E-state index contributed by atoms with van der Waals surface area (Å²) in [6.45, 7) is 0. The first kappa shape index (κ1) is 25.5. The van der Waals surface area contributed by atoms with E-state index in [1.54, 1.807) is 0 Å². The lowest BCUT2D eigenvalue weighted by molar-refractivity contribution is 1.02. The van der Waals surface area contributed by atoms with Gasteiger partial charge in [-0.15, -0.1) is 0 Å². The maximum atomic E-state index is 4.59. The second-order valence-electron chi connectivity index (χ2n) is 9.06. The van der Waals surface area contributed by atoms with Crippen LogP contribution >= 0.6 is 0 Å². The van der Waals surface area contributed by atoms with Gasteiger partial charge in [-0.05, 0) is 71.8 Å². The van der Waals surface area contributed by atoms with Crippen molar-refractivity contribution in [2.45, 2.75) is 0 Å². The fraction of sp³-hybridized carbons (Fsp3) is 0.0588. The van der Waals surface area contributed by atoms with E-state index in [1.165, 1.54) is 0 Å². The molecule has 5 heteroatoms. The summed E-state index contributed by atoms with van der Waals surface area (Å²) in [7, 11) is 3.90. The smallest absolute Gasteiger partial charge is 0.0590 e. The third-order valence-corrected chi connectivity index (χ3v) is 6.34. The molecule has 0 radical (unpaired) electrons. The summed E-state index contributed by atoms with van der Waals surface area (Å²) in [6.07, 6.45) is 3.76. The van der Waals surface area contributed by atoms with Crippen LogP contribution in [0.4, 0.5) is 28.4 Å². The van der Waals surface area contributed by atoms with Gasteiger partial charge >= 0.3 is 0 Å². The van der Waals surface area contributed by atoms with Crippen LogP contribution in [-0.2, 0) is 0 Å². The highest BCUT2D eigenvalue weighted by atomic mass is 15.4. The fourth-order valence-corrected chi connectivity index (χ4v) is 4.17. The summed E-state index contributed by atoms with van der Waals surface area (Å²) in [6, 6.07) is 47.5. The van der Waals surface area contributed by atoms with Gasteiger partial charge in [0, 0.05) is 31.2 Å². The molecule has 0 amide bonds. The molecule has 0 aromatic heterocycles. The van der Waals surface area contributed by atoms with Crippen molar-refractivity contribution in [2.75, 3.05) is 29.0 Å². The van der Waals surface area contributed by atoms with Gasteiger partial charge in [-0.3, -0.25) is 10.0 Å². The Morgan fingerprint density at radius 2 is 0.692 bits per heavy atom. The molecule has 0 aliphatic carbocycles. The van der Waals surface area contributed by atoms with E-state index >= 15 is 0 Å². The van der Waals surface area contributed by atoms with Gasteiger partial charge in [-0.1, -0.05) is 78.9 Å². The number of rotatable bonds is 9. The van der Waals surface area contributed by atoms with Gasteiger partial charge in [0.1, 0.15) is 0 Å². The van der Waals surface area contributed by atoms with Crippen molar-refractivity contribution in [3.63, 3.8) is 0 Å². The van der Waals surface area contributed by atoms with Crippen molar-refractivity contribution in [1.29, 1.82) is 0 Å². The van der Waals surface area contributed by atoms with Crippen molar-refractivity contribution in [3.8, 4) is 0 Å². The Bertz CT molecular complexity index is 1400. The van der Waals surface area contributed by atoms with E-state index < -0.39 is 0 Å². The number of hydrogen-bond donors (Lipinski definition) is 0. The molecule has 5 aromatic carbocycles. The minimum absolute atomic E-state index is 1.03. The zero-order chi connectivity index (χ0) is 26.9. The lowest BCUT2D eigenvalue weighted by Crippen LogP contribution is -2.10. The molecule has 0 aliphatic heterocycles. The number of nitrogens with zero attached hydrogens (tertiary/aromatic N) is 5. The van der Waals surface area contributed by atoms with Crippen LogP contribution < -0.4 is 14.9 Å². The highest BCUT2D eigenvalue weighted by Gasteiger charge is 2.12. The van der Waals surface area contributed by atoms with Gasteiger partial charge < -0.3 is 4.90 Å². The predicted octanol–water partition coefficient (Wildman–Crippen LogP) is 8.10. The summed E-state index contributed by atoms with van der Waals surface area (Å²) in [5.74, 6) is 0. The Kier molecular flexibility index (Phi) is 8.10. The van der Waals surface area contributed by atoms with E-state index in [1.807, 2.05) is 103 Å². The Balaban J connectivity index is 1.35. The largest absolute Gasteiger partial charge is 0.311 e. The quantitative estimate of drug-likeness (QED) is 0.149.